The maximum absolute atomic E-state index is 3.74. The molecule has 0 heterocycles. The van der Waals surface area contributed by atoms with Gasteiger partial charge in [-0.2, -0.15) is 0 Å². The summed E-state index contributed by atoms with van der Waals surface area (Å²) in [5.74, 6) is 0.971. The highest BCUT2D eigenvalue weighted by atomic mass is 14.9. The van der Waals surface area contributed by atoms with Crippen molar-refractivity contribution in [3.8, 4) is 0 Å². The standard InChI is InChI=1S/C17H35N/c1-3-4-5-6-7-8-9-12-15-18-16(2)17-13-10-11-14-17/h16-18H,3-15H2,1-2H3/t16-/m0/s1. The van der Waals surface area contributed by atoms with Crippen LogP contribution in [0.4, 0.5) is 0 Å². The van der Waals surface area contributed by atoms with Crippen molar-refractivity contribution in [2.75, 3.05) is 6.54 Å². The van der Waals surface area contributed by atoms with Crippen LogP contribution < -0.4 is 5.32 Å². The molecule has 0 aliphatic heterocycles. The fourth-order valence-corrected chi connectivity index (χ4v) is 3.21. The van der Waals surface area contributed by atoms with Crippen LogP contribution in [0.2, 0.25) is 0 Å². The SMILES string of the molecule is CCCCCCCCCCN[C@@H](C)C1CCCC1. The van der Waals surface area contributed by atoms with Crippen molar-refractivity contribution in [3.05, 3.63) is 0 Å². The number of nitrogens with one attached hydrogen (secondary N) is 1. The normalized spacial score (nSPS) is 18.3. The molecule has 0 unspecified atom stereocenters. The van der Waals surface area contributed by atoms with E-state index in [9.17, 15) is 0 Å². The molecule has 0 aromatic rings. The van der Waals surface area contributed by atoms with Crippen molar-refractivity contribution in [1.29, 1.82) is 0 Å². The zero-order chi connectivity index (χ0) is 13.1. The predicted molar refractivity (Wildman–Crippen MR) is 82.0 cm³/mol. The van der Waals surface area contributed by atoms with Crippen molar-refractivity contribution >= 4 is 0 Å². The van der Waals surface area contributed by atoms with Gasteiger partial charge < -0.3 is 5.32 Å². The van der Waals surface area contributed by atoms with E-state index in [1.54, 1.807) is 0 Å². The van der Waals surface area contributed by atoms with Gasteiger partial charge in [-0.25, -0.2) is 0 Å². The maximum Gasteiger partial charge on any atom is 0.00669 e. The third-order valence-corrected chi connectivity index (χ3v) is 4.60. The van der Waals surface area contributed by atoms with Gasteiger partial charge in [-0.1, -0.05) is 64.7 Å². The summed E-state index contributed by atoms with van der Waals surface area (Å²) < 4.78 is 0. The molecular formula is C17H35N. The van der Waals surface area contributed by atoms with E-state index in [1.165, 1.54) is 83.6 Å². The van der Waals surface area contributed by atoms with Gasteiger partial charge in [0.2, 0.25) is 0 Å². The van der Waals surface area contributed by atoms with Crippen LogP contribution in [-0.4, -0.2) is 12.6 Å². The second kappa shape index (κ2) is 10.8. The Hall–Kier alpha value is -0.0400. The van der Waals surface area contributed by atoms with E-state index in [0.717, 1.165) is 12.0 Å². The number of unbranched alkanes of at least 4 members (excludes halogenated alkanes) is 7. The Morgan fingerprint density at radius 2 is 1.44 bits per heavy atom. The molecule has 18 heavy (non-hydrogen) atoms. The number of hydrogen-bond donors (Lipinski definition) is 1. The van der Waals surface area contributed by atoms with Crippen LogP contribution in [0.25, 0.3) is 0 Å². The van der Waals surface area contributed by atoms with Gasteiger partial charge in [0.05, 0.1) is 0 Å². The predicted octanol–water partition coefficient (Wildman–Crippen LogP) is 5.30. The lowest BCUT2D eigenvalue weighted by Gasteiger charge is -2.20. The zero-order valence-electron chi connectivity index (χ0n) is 12.8. The van der Waals surface area contributed by atoms with Crippen LogP contribution in [0, 0.1) is 5.92 Å². The van der Waals surface area contributed by atoms with Crippen molar-refractivity contribution in [1.82, 2.24) is 5.32 Å². The van der Waals surface area contributed by atoms with Crippen molar-refractivity contribution < 1.29 is 0 Å². The van der Waals surface area contributed by atoms with Crippen LogP contribution in [-0.2, 0) is 0 Å². The lowest BCUT2D eigenvalue weighted by molar-refractivity contribution is 0.377. The number of hydrogen-bond acceptors (Lipinski definition) is 1. The molecule has 0 bridgehead atoms. The van der Waals surface area contributed by atoms with Gasteiger partial charge in [-0.3, -0.25) is 0 Å². The van der Waals surface area contributed by atoms with Gasteiger partial charge in [0, 0.05) is 6.04 Å². The molecular weight excluding hydrogens is 218 g/mol. The van der Waals surface area contributed by atoms with E-state index >= 15 is 0 Å². The Labute approximate surface area is 115 Å². The Kier molecular flexibility index (Phi) is 9.65. The largest absolute Gasteiger partial charge is 0.314 e. The maximum atomic E-state index is 3.74. The minimum absolute atomic E-state index is 0.761. The molecule has 1 aliphatic carbocycles. The van der Waals surface area contributed by atoms with Crippen LogP contribution in [0.1, 0.15) is 90.9 Å². The van der Waals surface area contributed by atoms with E-state index in [4.69, 9.17) is 0 Å². The molecule has 1 N–H and O–H groups in total. The third-order valence-electron chi connectivity index (χ3n) is 4.60. The Morgan fingerprint density at radius 1 is 0.889 bits per heavy atom. The van der Waals surface area contributed by atoms with Gasteiger partial charge in [-0.05, 0) is 38.6 Å². The van der Waals surface area contributed by atoms with E-state index in [1.807, 2.05) is 0 Å². The summed E-state index contributed by atoms with van der Waals surface area (Å²) in [6.45, 7) is 5.92. The quantitative estimate of drug-likeness (QED) is 0.493. The first kappa shape index (κ1) is 16.0. The minimum Gasteiger partial charge on any atom is -0.314 e. The van der Waals surface area contributed by atoms with Gasteiger partial charge >= 0.3 is 0 Å². The molecule has 1 fully saturated rings. The summed E-state index contributed by atoms with van der Waals surface area (Å²) in [6.07, 6.45) is 17.3. The van der Waals surface area contributed by atoms with E-state index in [-0.39, 0.29) is 0 Å². The van der Waals surface area contributed by atoms with Gasteiger partial charge in [-0.15, -0.1) is 0 Å². The Morgan fingerprint density at radius 3 is 2.06 bits per heavy atom. The highest BCUT2D eigenvalue weighted by molar-refractivity contribution is 4.76. The molecule has 1 nitrogen and oxygen atoms in total. The lowest BCUT2D eigenvalue weighted by atomic mass is 9.99. The smallest absolute Gasteiger partial charge is 0.00669 e. The third kappa shape index (κ3) is 7.41. The minimum atomic E-state index is 0.761. The first-order chi connectivity index (χ1) is 8.84. The molecule has 0 spiro atoms. The molecule has 1 heteroatoms. The highest BCUT2D eigenvalue weighted by Gasteiger charge is 2.20. The summed E-state index contributed by atoms with van der Waals surface area (Å²) >= 11 is 0. The second-order valence-corrected chi connectivity index (χ2v) is 6.26. The molecule has 0 saturated heterocycles. The summed E-state index contributed by atoms with van der Waals surface area (Å²) in [7, 11) is 0. The summed E-state index contributed by atoms with van der Waals surface area (Å²) in [5.41, 5.74) is 0. The van der Waals surface area contributed by atoms with Crippen LogP contribution >= 0.6 is 0 Å². The zero-order valence-corrected chi connectivity index (χ0v) is 12.8. The molecule has 108 valence electrons. The summed E-state index contributed by atoms with van der Waals surface area (Å²) in [4.78, 5) is 0. The first-order valence-corrected chi connectivity index (χ1v) is 8.58. The molecule has 1 saturated carbocycles. The molecule has 1 aliphatic rings. The monoisotopic (exact) mass is 253 g/mol. The van der Waals surface area contributed by atoms with Crippen LogP contribution in [0.15, 0.2) is 0 Å². The number of rotatable bonds is 11. The molecule has 0 amide bonds. The fourth-order valence-electron chi connectivity index (χ4n) is 3.21. The first-order valence-electron chi connectivity index (χ1n) is 8.58. The topological polar surface area (TPSA) is 12.0 Å². The average molecular weight is 253 g/mol. The average Bonchev–Trinajstić information content (AvgIpc) is 2.90. The van der Waals surface area contributed by atoms with Gasteiger partial charge in [0.15, 0.2) is 0 Å². The Balaban J connectivity index is 1.80. The Bertz CT molecular complexity index is 172. The van der Waals surface area contributed by atoms with E-state index in [0.29, 0.717) is 0 Å². The molecule has 1 rings (SSSR count). The lowest BCUT2D eigenvalue weighted by Crippen LogP contribution is -2.32. The molecule has 0 radical (unpaired) electrons. The van der Waals surface area contributed by atoms with Crippen molar-refractivity contribution in [3.63, 3.8) is 0 Å². The van der Waals surface area contributed by atoms with E-state index < -0.39 is 0 Å². The van der Waals surface area contributed by atoms with Crippen LogP contribution in [0.5, 0.6) is 0 Å². The second-order valence-electron chi connectivity index (χ2n) is 6.26. The van der Waals surface area contributed by atoms with E-state index in [2.05, 4.69) is 19.2 Å². The molecule has 1 atom stereocenters. The van der Waals surface area contributed by atoms with Crippen molar-refractivity contribution in [2.24, 2.45) is 5.92 Å². The highest BCUT2D eigenvalue weighted by Crippen LogP contribution is 2.27. The van der Waals surface area contributed by atoms with Gasteiger partial charge in [0.1, 0.15) is 0 Å². The van der Waals surface area contributed by atoms with Crippen molar-refractivity contribution in [2.45, 2.75) is 96.9 Å². The molecule has 0 aromatic heterocycles. The van der Waals surface area contributed by atoms with Crippen LogP contribution in [0.3, 0.4) is 0 Å². The molecule has 0 aromatic carbocycles. The fraction of sp³-hybridized carbons (Fsp3) is 1.00. The summed E-state index contributed by atoms with van der Waals surface area (Å²) in [6, 6.07) is 0.761. The summed E-state index contributed by atoms with van der Waals surface area (Å²) in [5, 5.41) is 3.74. The van der Waals surface area contributed by atoms with Gasteiger partial charge in [0.25, 0.3) is 0 Å².